The van der Waals surface area contributed by atoms with Gasteiger partial charge in [-0.05, 0) is 43.4 Å². The molecule has 2 aliphatic rings. The standard InChI is InChI=1S/C19H20F3N3O/c20-19(21,22)14-6-3-13(4-7-14)5-8-15-9-10-17(24-15)18(26)25-11-1-2-16(25)12-23/h3-8,15-17,24H,1-2,9-11H2/b8-5+/t15-,16-,17-/m0/s1. The molecule has 2 saturated heterocycles. The fraction of sp³-hybridized carbons (Fsp3) is 0.474. The zero-order valence-corrected chi connectivity index (χ0v) is 14.2. The average molecular weight is 363 g/mol. The van der Waals surface area contributed by atoms with E-state index in [2.05, 4.69) is 11.4 Å². The number of benzene rings is 1. The lowest BCUT2D eigenvalue weighted by Gasteiger charge is -2.23. The van der Waals surface area contributed by atoms with Crippen LogP contribution in [0.15, 0.2) is 30.3 Å². The van der Waals surface area contributed by atoms with Crippen LogP contribution in [0.4, 0.5) is 13.2 Å². The van der Waals surface area contributed by atoms with Crippen molar-refractivity contribution in [3.05, 3.63) is 41.5 Å². The van der Waals surface area contributed by atoms with Crippen LogP contribution in [-0.2, 0) is 11.0 Å². The van der Waals surface area contributed by atoms with Crippen LogP contribution in [0.25, 0.3) is 6.08 Å². The van der Waals surface area contributed by atoms with E-state index >= 15 is 0 Å². The second kappa shape index (κ2) is 7.50. The molecule has 7 heteroatoms. The Labute approximate surface area is 150 Å². The predicted molar refractivity (Wildman–Crippen MR) is 90.8 cm³/mol. The molecule has 2 aliphatic heterocycles. The zero-order chi connectivity index (χ0) is 18.7. The Morgan fingerprint density at radius 2 is 1.96 bits per heavy atom. The molecule has 3 rings (SSSR count). The topological polar surface area (TPSA) is 56.1 Å². The highest BCUT2D eigenvalue weighted by molar-refractivity contribution is 5.83. The van der Waals surface area contributed by atoms with E-state index in [4.69, 9.17) is 5.26 Å². The van der Waals surface area contributed by atoms with Gasteiger partial charge in [0.2, 0.25) is 5.91 Å². The van der Waals surface area contributed by atoms with Gasteiger partial charge in [0.1, 0.15) is 6.04 Å². The Balaban J connectivity index is 1.57. The molecule has 2 heterocycles. The third-order valence-corrected chi connectivity index (χ3v) is 4.92. The minimum absolute atomic E-state index is 0.00520. The van der Waals surface area contributed by atoms with Crippen molar-refractivity contribution < 1.29 is 18.0 Å². The number of rotatable bonds is 3. The molecule has 0 aromatic heterocycles. The van der Waals surface area contributed by atoms with Crippen molar-refractivity contribution in [2.75, 3.05) is 6.54 Å². The third-order valence-electron chi connectivity index (χ3n) is 4.92. The fourth-order valence-electron chi connectivity index (χ4n) is 3.49. The molecule has 0 spiro atoms. The van der Waals surface area contributed by atoms with Crippen molar-refractivity contribution in [2.45, 2.75) is 50.0 Å². The van der Waals surface area contributed by atoms with Crippen LogP contribution in [0.2, 0.25) is 0 Å². The summed E-state index contributed by atoms with van der Waals surface area (Å²) in [5.41, 5.74) is 0.00984. The van der Waals surface area contributed by atoms with E-state index in [9.17, 15) is 18.0 Å². The van der Waals surface area contributed by atoms with Crippen LogP contribution in [-0.4, -0.2) is 35.5 Å². The van der Waals surface area contributed by atoms with Gasteiger partial charge in [-0.2, -0.15) is 18.4 Å². The van der Waals surface area contributed by atoms with E-state index in [1.165, 1.54) is 12.1 Å². The summed E-state index contributed by atoms with van der Waals surface area (Å²) in [7, 11) is 0. The number of nitriles is 1. The van der Waals surface area contributed by atoms with Gasteiger partial charge in [-0.15, -0.1) is 0 Å². The summed E-state index contributed by atoms with van der Waals surface area (Å²) in [6, 6.07) is 6.52. The molecule has 0 bridgehead atoms. The Kier molecular flexibility index (Phi) is 5.33. The number of hydrogen-bond donors (Lipinski definition) is 1. The van der Waals surface area contributed by atoms with Gasteiger partial charge in [-0.3, -0.25) is 10.1 Å². The van der Waals surface area contributed by atoms with Crippen molar-refractivity contribution in [1.82, 2.24) is 10.2 Å². The maximum Gasteiger partial charge on any atom is 0.416 e. The summed E-state index contributed by atoms with van der Waals surface area (Å²) in [5, 5.41) is 12.4. The molecule has 0 unspecified atom stereocenters. The molecular formula is C19H20F3N3O. The fourth-order valence-corrected chi connectivity index (χ4v) is 3.49. The Bertz CT molecular complexity index is 721. The molecule has 1 aromatic rings. The number of alkyl halides is 3. The van der Waals surface area contributed by atoms with Gasteiger partial charge in [-0.25, -0.2) is 0 Å². The first-order valence-corrected chi connectivity index (χ1v) is 8.70. The smallest absolute Gasteiger partial charge is 0.325 e. The summed E-state index contributed by atoms with van der Waals surface area (Å²) in [4.78, 5) is 14.2. The first-order valence-electron chi connectivity index (χ1n) is 8.70. The SMILES string of the molecule is N#C[C@@H]1CCCN1C(=O)[C@@H]1CC[C@H](/C=C/c2ccc(C(F)(F)F)cc2)N1. The van der Waals surface area contributed by atoms with Gasteiger partial charge in [0.25, 0.3) is 0 Å². The van der Waals surface area contributed by atoms with Crippen LogP contribution >= 0.6 is 0 Å². The second-order valence-electron chi connectivity index (χ2n) is 6.70. The summed E-state index contributed by atoms with van der Waals surface area (Å²) >= 11 is 0. The molecule has 26 heavy (non-hydrogen) atoms. The zero-order valence-electron chi connectivity index (χ0n) is 14.2. The largest absolute Gasteiger partial charge is 0.416 e. The minimum Gasteiger partial charge on any atom is -0.325 e. The van der Waals surface area contributed by atoms with Gasteiger partial charge in [-0.1, -0.05) is 24.3 Å². The van der Waals surface area contributed by atoms with Crippen LogP contribution in [0.3, 0.4) is 0 Å². The monoisotopic (exact) mass is 363 g/mol. The van der Waals surface area contributed by atoms with E-state index in [1.807, 2.05) is 6.08 Å². The molecule has 0 radical (unpaired) electrons. The number of amides is 1. The molecule has 2 fully saturated rings. The number of halogens is 3. The van der Waals surface area contributed by atoms with E-state index in [-0.39, 0.29) is 24.0 Å². The number of hydrogen-bond acceptors (Lipinski definition) is 3. The molecule has 4 nitrogen and oxygen atoms in total. The predicted octanol–water partition coefficient (Wildman–Crippen LogP) is 3.35. The van der Waals surface area contributed by atoms with Crippen LogP contribution in [0.1, 0.15) is 36.8 Å². The molecule has 1 N–H and O–H groups in total. The molecule has 0 saturated carbocycles. The molecule has 0 aliphatic carbocycles. The third kappa shape index (κ3) is 4.07. The van der Waals surface area contributed by atoms with Crippen molar-refractivity contribution in [2.24, 2.45) is 0 Å². The first-order chi connectivity index (χ1) is 12.4. The normalized spacial score (nSPS) is 26.4. The van der Waals surface area contributed by atoms with Crippen LogP contribution in [0.5, 0.6) is 0 Å². The van der Waals surface area contributed by atoms with Gasteiger partial charge in [0, 0.05) is 12.6 Å². The number of likely N-dealkylation sites (tertiary alicyclic amines) is 1. The highest BCUT2D eigenvalue weighted by atomic mass is 19.4. The average Bonchev–Trinajstić information content (AvgIpc) is 3.28. The summed E-state index contributed by atoms with van der Waals surface area (Å²) in [6.07, 6.45) is 2.36. The molecular weight excluding hydrogens is 343 g/mol. The van der Waals surface area contributed by atoms with E-state index in [0.717, 1.165) is 31.4 Å². The highest BCUT2D eigenvalue weighted by Gasteiger charge is 2.36. The quantitative estimate of drug-likeness (QED) is 0.896. The lowest BCUT2D eigenvalue weighted by Crippen LogP contribution is -2.46. The lowest BCUT2D eigenvalue weighted by molar-refractivity contribution is -0.137. The van der Waals surface area contributed by atoms with Crippen molar-refractivity contribution in [1.29, 1.82) is 5.26 Å². The van der Waals surface area contributed by atoms with Crippen LogP contribution in [0, 0.1) is 11.3 Å². The first kappa shape index (κ1) is 18.5. The van der Waals surface area contributed by atoms with Gasteiger partial charge in [0.15, 0.2) is 0 Å². The number of nitrogens with zero attached hydrogens (tertiary/aromatic N) is 2. The maximum absolute atomic E-state index is 12.6. The van der Waals surface area contributed by atoms with Crippen molar-refractivity contribution >= 4 is 12.0 Å². The number of carbonyl (C=O) groups excluding carboxylic acids is 1. The maximum atomic E-state index is 12.6. The summed E-state index contributed by atoms with van der Waals surface area (Å²) in [6.45, 7) is 0.626. The Hall–Kier alpha value is -2.33. The van der Waals surface area contributed by atoms with E-state index in [0.29, 0.717) is 18.5 Å². The summed E-state index contributed by atoms with van der Waals surface area (Å²) in [5.74, 6) is -0.0283. The van der Waals surface area contributed by atoms with E-state index < -0.39 is 11.7 Å². The minimum atomic E-state index is -4.33. The molecule has 1 amide bonds. The Morgan fingerprint density at radius 3 is 2.62 bits per heavy atom. The van der Waals surface area contributed by atoms with Crippen molar-refractivity contribution in [3.63, 3.8) is 0 Å². The number of nitrogens with one attached hydrogen (secondary N) is 1. The van der Waals surface area contributed by atoms with Crippen LogP contribution < -0.4 is 5.32 Å². The highest BCUT2D eigenvalue weighted by Crippen LogP contribution is 2.29. The van der Waals surface area contributed by atoms with E-state index in [1.54, 1.807) is 11.0 Å². The second-order valence-corrected chi connectivity index (χ2v) is 6.70. The molecule has 1 aromatic carbocycles. The molecule has 3 atom stereocenters. The van der Waals surface area contributed by atoms with Gasteiger partial charge >= 0.3 is 6.18 Å². The van der Waals surface area contributed by atoms with Gasteiger partial charge in [0.05, 0.1) is 17.7 Å². The molecule has 138 valence electrons. The lowest BCUT2D eigenvalue weighted by atomic mass is 10.1. The Morgan fingerprint density at radius 1 is 1.23 bits per heavy atom. The number of carbonyl (C=O) groups is 1. The van der Waals surface area contributed by atoms with Crippen molar-refractivity contribution in [3.8, 4) is 6.07 Å². The van der Waals surface area contributed by atoms with Gasteiger partial charge < -0.3 is 4.90 Å². The summed E-state index contributed by atoms with van der Waals surface area (Å²) < 4.78 is 37.7.